The van der Waals surface area contributed by atoms with Crippen LogP contribution in [-0.4, -0.2) is 45.0 Å². The number of aryl methyl sites for hydroxylation is 1. The van der Waals surface area contributed by atoms with E-state index < -0.39 is 0 Å². The number of rotatable bonds is 7. The van der Waals surface area contributed by atoms with Crippen LogP contribution >= 0.6 is 15.9 Å². The monoisotopic (exact) mass is 461 g/mol. The SMILES string of the molecule is CCN(Cc1nc2c(N)nc3cc(Br)ccc3c2n1CCCC(=O)OC)C(C)=O. The van der Waals surface area contributed by atoms with Gasteiger partial charge in [-0.15, -0.1) is 0 Å². The summed E-state index contributed by atoms with van der Waals surface area (Å²) in [6.07, 6.45) is 0.876. The third-order valence-corrected chi connectivity index (χ3v) is 5.39. The van der Waals surface area contributed by atoms with Crippen molar-refractivity contribution in [2.24, 2.45) is 0 Å². The van der Waals surface area contributed by atoms with E-state index in [1.54, 1.807) is 4.90 Å². The lowest BCUT2D eigenvalue weighted by Crippen LogP contribution is -2.29. The van der Waals surface area contributed by atoms with Crippen LogP contribution in [0.5, 0.6) is 0 Å². The minimum absolute atomic E-state index is 0.0273. The number of ether oxygens (including phenoxy) is 1. The van der Waals surface area contributed by atoms with Gasteiger partial charge in [-0.25, -0.2) is 9.97 Å². The van der Waals surface area contributed by atoms with Gasteiger partial charge in [0.1, 0.15) is 11.3 Å². The van der Waals surface area contributed by atoms with Gasteiger partial charge in [-0.1, -0.05) is 15.9 Å². The first-order valence-electron chi connectivity index (χ1n) is 9.41. The predicted molar refractivity (Wildman–Crippen MR) is 115 cm³/mol. The molecule has 3 aromatic rings. The maximum atomic E-state index is 12.0. The quantitative estimate of drug-likeness (QED) is 0.541. The third-order valence-electron chi connectivity index (χ3n) is 4.89. The topological polar surface area (TPSA) is 103 Å². The zero-order chi connectivity index (χ0) is 21.1. The highest BCUT2D eigenvalue weighted by molar-refractivity contribution is 9.10. The largest absolute Gasteiger partial charge is 0.469 e. The molecule has 0 unspecified atom stereocenters. The number of pyridine rings is 1. The number of hydrogen-bond acceptors (Lipinski definition) is 6. The predicted octanol–water partition coefficient (Wildman–Crippen LogP) is 3.25. The zero-order valence-corrected chi connectivity index (χ0v) is 18.3. The Labute approximate surface area is 177 Å². The second-order valence-electron chi connectivity index (χ2n) is 6.75. The molecule has 3 rings (SSSR count). The number of nitrogen functional groups attached to an aromatic ring is 1. The van der Waals surface area contributed by atoms with Gasteiger partial charge in [0, 0.05) is 36.3 Å². The van der Waals surface area contributed by atoms with E-state index in [1.165, 1.54) is 14.0 Å². The molecule has 0 aliphatic heterocycles. The highest BCUT2D eigenvalue weighted by Crippen LogP contribution is 2.31. The number of esters is 1. The number of methoxy groups -OCH3 is 1. The van der Waals surface area contributed by atoms with Crippen molar-refractivity contribution in [3.8, 4) is 0 Å². The number of nitrogens with two attached hydrogens (primary N) is 1. The molecule has 2 aromatic heterocycles. The number of fused-ring (bicyclic) bond motifs is 3. The number of hydrogen-bond donors (Lipinski definition) is 1. The molecule has 1 aromatic carbocycles. The number of halogens is 1. The van der Waals surface area contributed by atoms with Crippen molar-refractivity contribution >= 4 is 55.6 Å². The van der Waals surface area contributed by atoms with E-state index in [0.29, 0.717) is 49.6 Å². The molecule has 0 saturated heterocycles. The summed E-state index contributed by atoms with van der Waals surface area (Å²) in [4.78, 5) is 34.4. The van der Waals surface area contributed by atoms with Crippen molar-refractivity contribution in [2.75, 3.05) is 19.4 Å². The summed E-state index contributed by atoms with van der Waals surface area (Å²) < 4.78 is 7.70. The van der Waals surface area contributed by atoms with Crippen LogP contribution in [0.2, 0.25) is 0 Å². The van der Waals surface area contributed by atoms with E-state index in [-0.39, 0.29) is 11.9 Å². The lowest BCUT2D eigenvalue weighted by Gasteiger charge is -2.19. The van der Waals surface area contributed by atoms with Crippen molar-refractivity contribution in [3.05, 3.63) is 28.5 Å². The summed E-state index contributed by atoms with van der Waals surface area (Å²) in [5.74, 6) is 0.765. The molecule has 0 radical (unpaired) electrons. The first kappa shape index (κ1) is 21.0. The number of amides is 1. The molecule has 0 fully saturated rings. The van der Waals surface area contributed by atoms with Crippen molar-refractivity contribution in [1.82, 2.24) is 19.4 Å². The summed E-state index contributed by atoms with van der Waals surface area (Å²) in [7, 11) is 1.38. The summed E-state index contributed by atoms with van der Waals surface area (Å²) in [5.41, 5.74) is 8.44. The molecule has 0 aliphatic rings. The molecule has 0 saturated carbocycles. The first-order chi connectivity index (χ1) is 13.8. The van der Waals surface area contributed by atoms with Crippen molar-refractivity contribution in [3.63, 3.8) is 0 Å². The normalized spacial score (nSPS) is 11.2. The molecule has 2 heterocycles. The van der Waals surface area contributed by atoms with Gasteiger partial charge in [-0.05, 0) is 31.5 Å². The van der Waals surface area contributed by atoms with Crippen LogP contribution in [0.1, 0.15) is 32.5 Å². The molecule has 0 spiro atoms. The Morgan fingerprint density at radius 2 is 2.07 bits per heavy atom. The number of nitrogens with zero attached hydrogens (tertiary/aromatic N) is 4. The Bertz CT molecular complexity index is 1080. The third kappa shape index (κ3) is 4.34. The Kier molecular flexibility index (Phi) is 6.36. The number of benzene rings is 1. The number of imidazole rings is 1. The van der Waals surface area contributed by atoms with Crippen LogP contribution in [0, 0.1) is 0 Å². The smallest absolute Gasteiger partial charge is 0.305 e. The highest BCUT2D eigenvalue weighted by atomic mass is 79.9. The molecule has 154 valence electrons. The van der Waals surface area contributed by atoms with Gasteiger partial charge in [0.25, 0.3) is 0 Å². The fraction of sp³-hybridized carbons (Fsp3) is 0.400. The molecule has 9 heteroatoms. The van der Waals surface area contributed by atoms with Crippen LogP contribution in [0.15, 0.2) is 22.7 Å². The molecule has 2 N–H and O–H groups in total. The van der Waals surface area contributed by atoms with Crippen molar-refractivity contribution < 1.29 is 14.3 Å². The molecule has 0 bridgehead atoms. The molecule has 8 nitrogen and oxygen atoms in total. The van der Waals surface area contributed by atoms with Gasteiger partial charge in [0.2, 0.25) is 5.91 Å². The second-order valence-corrected chi connectivity index (χ2v) is 7.66. The summed E-state index contributed by atoms with van der Waals surface area (Å²) >= 11 is 3.47. The van der Waals surface area contributed by atoms with Crippen LogP contribution in [0.4, 0.5) is 5.82 Å². The molecule has 0 aliphatic carbocycles. The van der Waals surface area contributed by atoms with Gasteiger partial charge in [0.15, 0.2) is 5.82 Å². The van der Waals surface area contributed by atoms with Gasteiger partial charge >= 0.3 is 5.97 Å². The lowest BCUT2D eigenvalue weighted by molar-refractivity contribution is -0.140. The Morgan fingerprint density at radius 3 is 2.72 bits per heavy atom. The summed E-state index contributed by atoms with van der Waals surface area (Å²) in [6.45, 7) is 4.94. The van der Waals surface area contributed by atoms with Crippen LogP contribution in [0.25, 0.3) is 21.9 Å². The Hall–Kier alpha value is -2.68. The Morgan fingerprint density at radius 1 is 1.31 bits per heavy atom. The molecule has 29 heavy (non-hydrogen) atoms. The lowest BCUT2D eigenvalue weighted by atomic mass is 10.2. The molecule has 1 amide bonds. The maximum Gasteiger partial charge on any atom is 0.305 e. The highest BCUT2D eigenvalue weighted by Gasteiger charge is 2.20. The van der Waals surface area contributed by atoms with E-state index >= 15 is 0 Å². The van der Waals surface area contributed by atoms with E-state index in [1.807, 2.05) is 29.7 Å². The van der Waals surface area contributed by atoms with Crippen molar-refractivity contribution in [2.45, 2.75) is 39.8 Å². The van der Waals surface area contributed by atoms with E-state index in [0.717, 1.165) is 20.9 Å². The van der Waals surface area contributed by atoms with Gasteiger partial charge in [0.05, 0.1) is 24.7 Å². The minimum Gasteiger partial charge on any atom is -0.469 e. The van der Waals surface area contributed by atoms with Gasteiger partial charge in [-0.2, -0.15) is 0 Å². The van der Waals surface area contributed by atoms with Crippen LogP contribution in [-0.2, 0) is 27.4 Å². The number of carbonyl (C=O) groups is 2. The zero-order valence-electron chi connectivity index (χ0n) is 16.7. The van der Waals surface area contributed by atoms with E-state index in [4.69, 9.17) is 15.5 Å². The number of carbonyl (C=O) groups excluding carboxylic acids is 2. The summed E-state index contributed by atoms with van der Waals surface area (Å²) in [5, 5.41) is 0.917. The number of aromatic nitrogens is 3. The first-order valence-corrected chi connectivity index (χ1v) is 10.2. The second kappa shape index (κ2) is 8.77. The van der Waals surface area contributed by atoms with Gasteiger partial charge < -0.3 is 19.9 Å². The molecular weight excluding hydrogens is 438 g/mol. The van der Waals surface area contributed by atoms with Crippen LogP contribution in [0.3, 0.4) is 0 Å². The number of anilines is 1. The van der Waals surface area contributed by atoms with E-state index in [2.05, 4.69) is 20.9 Å². The van der Waals surface area contributed by atoms with Crippen LogP contribution < -0.4 is 5.73 Å². The van der Waals surface area contributed by atoms with Gasteiger partial charge in [-0.3, -0.25) is 9.59 Å². The molecular formula is C20H24BrN5O3. The van der Waals surface area contributed by atoms with Crippen molar-refractivity contribution in [1.29, 1.82) is 0 Å². The Balaban J connectivity index is 2.16. The average molecular weight is 462 g/mol. The average Bonchev–Trinajstić information content (AvgIpc) is 3.04. The minimum atomic E-state index is -0.259. The molecule has 0 atom stereocenters. The maximum absolute atomic E-state index is 12.0. The standard InChI is InChI=1S/C20H24BrN5O3/c1-4-25(12(2)27)11-16-24-18-19(26(16)9-5-6-17(28)29-3)14-8-7-13(21)10-15(14)23-20(18)22/h7-8,10H,4-6,9,11H2,1-3H3,(H2,22,23). The van der Waals surface area contributed by atoms with E-state index in [9.17, 15) is 9.59 Å². The fourth-order valence-electron chi connectivity index (χ4n) is 3.39. The fourth-order valence-corrected chi connectivity index (χ4v) is 3.74. The summed E-state index contributed by atoms with van der Waals surface area (Å²) in [6, 6.07) is 5.82.